The molecule has 0 atom stereocenters. The summed E-state index contributed by atoms with van der Waals surface area (Å²) < 4.78 is 2.78. The zero-order valence-electron chi connectivity index (χ0n) is 8.81. The Bertz CT molecular complexity index is 491. The minimum atomic E-state index is 0.833. The molecule has 16 heavy (non-hydrogen) atoms. The average Bonchev–Trinajstić information content (AvgIpc) is 2.74. The molecule has 0 aliphatic carbocycles. The van der Waals surface area contributed by atoms with Gasteiger partial charge in [-0.25, -0.2) is 4.98 Å². The predicted octanol–water partition coefficient (Wildman–Crippen LogP) is 3.28. The Kier molecular flexibility index (Phi) is 3.51. The van der Waals surface area contributed by atoms with Crippen molar-refractivity contribution < 1.29 is 0 Å². The Morgan fingerprint density at radius 3 is 3.00 bits per heavy atom. The maximum atomic E-state index is 4.41. The Hall–Kier alpha value is -1.42. The summed E-state index contributed by atoms with van der Waals surface area (Å²) in [7, 11) is 0. The summed E-state index contributed by atoms with van der Waals surface area (Å²) in [6.07, 6.45) is 4.59. The molecule has 0 spiro atoms. The number of aryl methyl sites for hydroxylation is 1. The van der Waals surface area contributed by atoms with Crippen molar-refractivity contribution in [3.63, 3.8) is 0 Å². The fourth-order valence-electron chi connectivity index (χ4n) is 1.49. The van der Waals surface area contributed by atoms with Crippen LogP contribution >= 0.6 is 15.9 Å². The standard InChI is InChI=1S/C12H12BrN3/c1-2-3-9-16-11(7-8-14-16)10-5-4-6-12(13)15-10/h2,4-8H,1,3,9H2. The van der Waals surface area contributed by atoms with Gasteiger partial charge in [-0.15, -0.1) is 6.58 Å². The van der Waals surface area contributed by atoms with Crippen molar-refractivity contribution in [3.8, 4) is 11.4 Å². The zero-order valence-corrected chi connectivity index (χ0v) is 10.4. The molecule has 2 aromatic rings. The van der Waals surface area contributed by atoms with Crippen LogP contribution in [0.5, 0.6) is 0 Å². The molecule has 0 N–H and O–H groups in total. The summed E-state index contributed by atoms with van der Waals surface area (Å²) in [6.45, 7) is 4.55. The lowest BCUT2D eigenvalue weighted by molar-refractivity contribution is 0.629. The molecule has 2 heterocycles. The van der Waals surface area contributed by atoms with Crippen LogP contribution in [0.1, 0.15) is 6.42 Å². The van der Waals surface area contributed by atoms with Crippen LogP contribution in [0.2, 0.25) is 0 Å². The number of aromatic nitrogens is 3. The van der Waals surface area contributed by atoms with Gasteiger partial charge in [0.2, 0.25) is 0 Å². The first-order valence-electron chi connectivity index (χ1n) is 5.07. The lowest BCUT2D eigenvalue weighted by atomic mass is 10.2. The number of nitrogens with zero attached hydrogens (tertiary/aromatic N) is 3. The number of rotatable bonds is 4. The number of pyridine rings is 1. The van der Waals surface area contributed by atoms with Crippen molar-refractivity contribution in [3.05, 3.63) is 47.7 Å². The summed E-state index contributed by atoms with van der Waals surface area (Å²) in [4.78, 5) is 4.41. The van der Waals surface area contributed by atoms with Gasteiger partial charge in [0.15, 0.2) is 0 Å². The summed E-state index contributed by atoms with van der Waals surface area (Å²) in [6, 6.07) is 7.83. The van der Waals surface area contributed by atoms with Crippen LogP contribution in [-0.2, 0) is 6.54 Å². The van der Waals surface area contributed by atoms with E-state index >= 15 is 0 Å². The third-order valence-corrected chi connectivity index (χ3v) is 2.68. The SMILES string of the molecule is C=CCCn1nccc1-c1cccc(Br)n1. The van der Waals surface area contributed by atoms with Gasteiger partial charge in [0.25, 0.3) is 0 Å². The van der Waals surface area contributed by atoms with E-state index in [1.165, 1.54) is 0 Å². The molecule has 0 unspecified atom stereocenters. The third kappa shape index (κ3) is 2.39. The maximum absolute atomic E-state index is 4.41. The van der Waals surface area contributed by atoms with Crippen molar-refractivity contribution in [2.24, 2.45) is 0 Å². The van der Waals surface area contributed by atoms with E-state index in [4.69, 9.17) is 0 Å². The van der Waals surface area contributed by atoms with E-state index in [2.05, 4.69) is 32.6 Å². The van der Waals surface area contributed by atoms with Crippen LogP contribution in [0.15, 0.2) is 47.7 Å². The quantitative estimate of drug-likeness (QED) is 0.634. The van der Waals surface area contributed by atoms with Gasteiger partial charge in [-0.1, -0.05) is 12.1 Å². The molecule has 0 bridgehead atoms. The van der Waals surface area contributed by atoms with Crippen LogP contribution in [0, 0.1) is 0 Å². The molecule has 0 aliphatic rings. The normalized spacial score (nSPS) is 10.3. The van der Waals surface area contributed by atoms with E-state index in [0.717, 1.165) is 29.0 Å². The van der Waals surface area contributed by atoms with Crippen molar-refractivity contribution in [2.75, 3.05) is 0 Å². The van der Waals surface area contributed by atoms with Gasteiger partial charge in [-0.05, 0) is 40.5 Å². The van der Waals surface area contributed by atoms with E-state index < -0.39 is 0 Å². The van der Waals surface area contributed by atoms with Gasteiger partial charge in [0.05, 0.1) is 11.4 Å². The van der Waals surface area contributed by atoms with Gasteiger partial charge < -0.3 is 0 Å². The second kappa shape index (κ2) is 5.07. The monoisotopic (exact) mass is 277 g/mol. The molecule has 4 heteroatoms. The molecule has 0 radical (unpaired) electrons. The molecule has 0 fully saturated rings. The topological polar surface area (TPSA) is 30.7 Å². The molecule has 0 saturated heterocycles. The highest BCUT2D eigenvalue weighted by molar-refractivity contribution is 9.10. The van der Waals surface area contributed by atoms with Gasteiger partial charge in [0.1, 0.15) is 4.60 Å². The fourth-order valence-corrected chi connectivity index (χ4v) is 1.84. The first-order chi connectivity index (χ1) is 7.81. The van der Waals surface area contributed by atoms with Gasteiger partial charge >= 0.3 is 0 Å². The number of allylic oxidation sites excluding steroid dienone is 1. The first-order valence-corrected chi connectivity index (χ1v) is 5.86. The lowest BCUT2D eigenvalue weighted by Gasteiger charge is -2.05. The van der Waals surface area contributed by atoms with E-state index in [1.54, 1.807) is 6.20 Å². The molecule has 2 aromatic heterocycles. The second-order valence-electron chi connectivity index (χ2n) is 3.36. The average molecular weight is 278 g/mol. The van der Waals surface area contributed by atoms with Crippen LogP contribution in [0.4, 0.5) is 0 Å². The summed E-state index contributed by atoms with van der Waals surface area (Å²) in [5, 5.41) is 4.27. The predicted molar refractivity (Wildman–Crippen MR) is 68.0 cm³/mol. The van der Waals surface area contributed by atoms with E-state index in [1.807, 2.05) is 35.0 Å². The van der Waals surface area contributed by atoms with Crippen LogP contribution in [0.25, 0.3) is 11.4 Å². The number of halogens is 1. The van der Waals surface area contributed by atoms with Gasteiger partial charge in [0, 0.05) is 12.7 Å². The molecule has 82 valence electrons. The minimum Gasteiger partial charge on any atom is -0.263 e. The highest BCUT2D eigenvalue weighted by Crippen LogP contribution is 2.18. The lowest BCUT2D eigenvalue weighted by Crippen LogP contribution is -2.02. The Morgan fingerprint density at radius 2 is 2.25 bits per heavy atom. The van der Waals surface area contributed by atoms with Gasteiger partial charge in [-0.2, -0.15) is 5.10 Å². The molecule has 0 amide bonds. The number of hydrogen-bond acceptors (Lipinski definition) is 2. The molecule has 2 rings (SSSR count). The van der Waals surface area contributed by atoms with Crippen molar-refractivity contribution in [1.82, 2.24) is 14.8 Å². The minimum absolute atomic E-state index is 0.833. The smallest absolute Gasteiger partial charge is 0.106 e. The second-order valence-corrected chi connectivity index (χ2v) is 4.17. The maximum Gasteiger partial charge on any atom is 0.106 e. The summed E-state index contributed by atoms with van der Waals surface area (Å²) >= 11 is 3.37. The summed E-state index contributed by atoms with van der Waals surface area (Å²) in [5.41, 5.74) is 1.96. The third-order valence-electron chi connectivity index (χ3n) is 2.24. The van der Waals surface area contributed by atoms with Crippen LogP contribution < -0.4 is 0 Å². The van der Waals surface area contributed by atoms with Gasteiger partial charge in [-0.3, -0.25) is 4.68 Å². The highest BCUT2D eigenvalue weighted by Gasteiger charge is 2.06. The molecule has 0 aromatic carbocycles. The number of hydrogen-bond donors (Lipinski definition) is 0. The molecule has 0 saturated carbocycles. The van der Waals surface area contributed by atoms with Crippen LogP contribution in [-0.4, -0.2) is 14.8 Å². The Balaban J connectivity index is 2.32. The van der Waals surface area contributed by atoms with Crippen molar-refractivity contribution >= 4 is 15.9 Å². The van der Waals surface area contributed by atoms with Crippen LogP contribution in [0.3, 0.4) is 0 Å². The Labute approximate surface area is 103 Å². The van der Waals surface area contributed by atoms with E-state index in [9.17, 15) is 0 Å². The zero-order chi connectivity index (χ0) is 11.4. The molecule has 0 aliphatic heterocycles. The largest absolute Gasteiger partial charge is 0.263 e. The van der Waals surface area contributed by atoms with Crippen molar-refractivity contribution in [1.29, 1.82) is 0 Å². The molecular weight excluding hydrogens is 266 g/mol. The Morgan fingerprint density at radius 1 is 1.38 bits per heavy atom. The molecular formula is C12H12BrN3. The van der Waals surface area contributed by atoms with E-state index in [0.29, 0.717) is 0 Å². The summed E-state index contributed by atoms with van der Waals surface area (Å²) in [5.74, 6) is 0. The fraction of sp³-hybridized carbons (Fsp3) is 0.167. The van der Waals surface area contributed by atoms with Crippen molar-refractivity contribution in [2.45, 2.75) is 13.0 Å². The molecule has 3 nitrogen and oxygen atoms in total. The first kappa shape index (κ1) is 11.1. The van der Waals surface area contributed by atoms with E-state index in [-0.39, 0.29) is 0 Å². The highest BCUT2D eigenvalue weighted by atomic mass is 79.9.